The van der Waals surface area contributed by atoms with Gasteiger partial charge >= 0.3 is 0 Å². The molecule has 6 heteroatoms. The summed E-state index contributed by atoms with van der Waals surface area (Å²) in [4.78, 5) is 24.3. The lowest BCUT2D eigenvalue weighted by Gasteiger charge is -2.06. The van der Waals surface area contributed by atoms with Crippen LogP contribution in [-0.4, -0.2) is 11.8 Å². The maximum absolute atomic E-state index is 12.3. The molecular formula is C16H11ClN2O2S. The second-order valence-electron chi connectivity index (χ2n) is 4.63. The molecule has 22 heavy (non-hydrogen) atoms. The largest absolute Gasteiger partial charge is 0.365 e. The summed E-state index contributed by atoms with van der Waals surface area (Å²) < 4.78 is 0.891. The Morgan fingerprint density at radius 1 is 1.05 bits per heavy atom. The SMILES string of the molecule is NC(=O)c1sc2ccccc2c1NC(=O)c1ccc(Cl)cc1. The normalized spacial score (nSPS) is 10.6. The van der Waals surface area contributed by atoms with E-state index in [4.69, 9.17) is 17.3 Å². The van der Waals surface area contributed by atoms with E-state index in [-0.39, 0.29) is 5.91 Å². The van der Waals surface area contributed by atoms with Crippen molar-refractivity contribution in [3.05, 3.63) is 64.0 Å². The minimum absolute atomic E-state index is 0.317. The molecule has 1 heterocycles. The van der Waals surface area contributed by atoms with Crippen molar-refractivity contribution in [3.8, 4) is 0 Å². The number of carbonyl (C=O) groups is 2. The second kappa shape index (κ2) is 5.79. The number of fused-ring (bicyclic) bond motifs is 1. The first-order valence-electron chi connectivity index (χ1n) is 6.44. The number of nitrogens with one attached hydrogen (secondary N) is 1. The van der Waals surface area contributed by atoms with Gasteiger partial charge in [0.05, 0.1) is 5.69 Å². The lowest BCUT2D eigenvalue weighted by Crippen LogP contribution is -2.16. The van der Waals surface area contributed by atoms with Crippen LogP contribution in [0.4, 0.5) is 5.69 Å². The Morgan fingerprint density at radius 3 is 2.41 bits per heavy atom. The van der Waals surface area contributed by atoms with Crippen molar-refractivity contribution in [2.24, 2.45) is 5.73 Å². The third-order valence-corrected chi connectivity index (χ3v) is 4.60. The molecule has 4 nitrogen and oxygen atoms in total. The predicted molar refractivity (Wildman–Crippen MR) is 89.7 cm³/mol. The smallest absolute Gasteiger partial charge is 0.260 e. The number of benzene rings is 2. The fourth-order valence-electron chi connectivity index (χ4n) is 2.13. The quantitative estimate of drug-likeness (QED) is 0.764. The molecule has 0 aliphatic rings. The number of primary amides is 1. The molecule has 2 amide bonds. The molecule has 0 saturated heterocycles. The van der Waals surface area contributed by atoms with Crippen LogP contribution in [0.2, 0.25) is 5.02 Å². The molecule has 0 unspecified atom stereocenters. The minimum Gasteiger partial charge on any atom is -0.365 e. The van der Waals surface area contributed by atoms with Crippen LogP contribution in [0.1, 0.15) is 20.0 Å². The van der Waals surface area contributed by atoms with Crippen LogP contribution >= 0.6 is 22.9 Å². The summed E-state index contributed by atoms with van der Waals surface area (Å²) in [6.07, 6.45) is 0. The van der Waals surface area contributed by atoms with Crippen LogP contribution in [-0.2, 0) is 0 Å². The molecule has 0 radical (unpaired) electrons. The van der Waals surface area contributed by atoms with Crippen LogP contribution in [0, 0.1) is 0 Å². The highest BCUT2D eigenvalue weighted by Gasteiger charge is 2.18. The Hall–Kier alpha value is -2.37. The van der Waals surface area contributed by atoms with Gasteiger partial charge in [0, 0.05) is 20.7 Å². The summed E-state index contributed by atoms with van der Waals surface area (Å²) in [5.41, 5.74) is 6.32. The number of nitrogens with two attached hydrogens (primary N) is 1. The van der Waals surface area contributed by atoms with E-state index < -0.39 is 5.91 Å². The van der Waals surface area contributed by atoms with E-state index in [0.717, 1.165) is 10.1 Å². The van der Waals surface area contributed by atoms with E-state index in [1.165, 1.54) is 11.3 Å². The highest BCUT2D eigenvalue weighted by molar-refractivity contribution is 7.21. The summed E-state index contributed by atoms with van der Waals surface area (Å²) in [6.45, 7) is 0. The topological polar surface area (TPSA) is 72.2 Å². The summed E-state index contributed by atoms with van der Waals surface area (Å²) in [5.74, 6) is -0.879. The molecule has 0 atom stereocenters. The fraction of sp³-hybridized carbons (Fsp3) is 0. The van der Waals surface area contributed by atoms with Gasteiger partial charge < -0.3 is 11.1 Å². The van der Waals surface area contributed by atoms with E-state index in [1.807, 2.05) is 24.3 Å². The number of hydrogen-bond acceptors (Lipinski definition) is 3. The van der Waals surface area contributed by atoms with Crippen molar-refractivity contribution in [2.45, 2.75) is 0 Å². The molecule has 0 aliphatic heterocycles. The Morgan fingerprint density at radius 2 is 1.73 bits per heavy atom. The maximum atomic E-state index is 12.3. The number of halogens is 1. The second-order valence-corrected chi connectivity index (χ2v) is 6.12. The zero-order chi connectivity index (χ0) is 15.7. The molecule has 0 aliphatic carbocycles. The average Bonchev–Trinajstić information content (AvgIpc) is 2.87. The molecule has 3 rings (SSSR count). The number of thiophene rings is 1. The Bertz CT molecular complexity index is 871. The van der Waals surface area contributed by atoms with Crippen molar-refractivity contribution in [1.29, 1.82) is 0 Å². The van der Waals surface area contributed by atoms with E-state index in [0.29, 0.717) is 21.2 Å². The first-order valence-corrected chi connectivity index (χ1v) is 7.64. The summed E-state index contributed by atoms with van der Waals surface area (Å²) >= 11 is 7.07. The number of anilines is 1. The summed E-state index contributed by atoms with van der Waals surface area (Å²) in [5, 5.41) is 4.12. The van der Waals surface area contributed by atoms with Crippen LogP contribution < -0.4 is 11.1 Å². The lowest BCUT2D eigenvalue weighted by molar-refractivity contribution is 0.100. The summed E-state index contributed by atoms with van der Waals surface area (Å²) in [6, 6.07) is 14.0. The lowest BCUT2D eigenvalue weighted by atomic mass is 10.2. The van der Waals surface area contributed by atoms with Crippen molar-refractivity contribution >= 4 is 50.5 Å². The minimum atomic E-state index is -0.562. The van der Waals surface area contributed by atoms with Crippen LogP contribution in [0.25, 0.3) is 10.1 Å². The zero-order valence-electron chi connectivity index (χ0n) is 11.3. The molecule has 3 aromatic rings. The van der Waals surface area contributed by atoms with E-state index in [1.54, 1.807) is 24.3 Å². The average molecular weight is 331 g/mol. The van der Waals surface area contributed by atoms with Crippen molar-refractivity contribution in [2.75, 3.05) is 5.32 Å². The van der Waals surface area contributed by atoms with Gasteiger partial charge in [-0.2, -0.15) is 0 Å². The Kier molecular flexibility index (Phi) is 3.83. The monoisotopic (exact) mass is 330 g/mol. The number of rotatable bonds is 3. The standard InChI is InChI=1S/C16H11ClN2O2S/c17-10-7-5-9(6-8-10)16(21)19-13-11-3-1-2-4-12(11)22-14(13)15(18)20/h1-8H,(H2,18,20)(H,19,21). The first-order chi connectivity index (χ1) is 10.6. The predicted octanol–water partition coefficient (Wildman–Crippen LogP) is 3.91. The van der Waals surface area contributed by atoms with Crippen LogP contribution in [0.5, 0.6) is 0 Å². The Balaban J connectivity index is 2.02. The molecule has 0 saturated carbocycles. The van der Waals surface area contributed by atoms with Gasteiger partial charge in [0.15, 0.2) is 0 Å². The highest BCUT2D eigenvalue weighted by Crippen LogP contribution is 2.35. The molecule has 3 N–H and O–H groups in total. The van der Waals surface area contributed by atoms with Gasteiger partial charge in [-0.15, -0.1) is 11.3 Å². The van der Waals surface area contributed by atoms with E-state index in [2.05, 4.69) is 5.32 Å². The molecule has 0 fully saturated rings. The van der Waals surface area contributed by atoms with Gasteiger partial charge in [-0.1, -0.05) is 29.8 Å². The van der Waals surface area contributed by atoms with Gasteiger partial charge in [0.1, 0.15) is 4.88 Å². The van der Waals surface area contributed by atoms with Gasteiger partial charge in [0.2, 0.25) is 0 Å². The van der Waals surface area contributed by atoms with Gasteiger partial charge in [-0.3, -0.25) is 9.59 Å². The summed E-state index contributed by atoms with van der Waals surface area (Å²) in [7, 11) is 0. The van der Waals surface area contributed by atoms with Crippen molar-refractivity contribution in [1.82, 2.24) is 0 Å². The third kappa shape index (κ3) is 2.68. The number of amides is 2. The molecule has 110 valence electrons. The molecule has 1 aromatic heterocycles. The Labute approximate surface area is 135 Å². The van der Waals surface area contributed by atoms with Crippen molar-refractivity contribution in [3.63, 3.8) is 0 Å². The molecule has 0 bridgehead atoms. The van der Waals surface area contributed by atoms with Gasteiger partial charge in [-0.05, 0) is 30.3 Å². The van der Waals surface area contributed by atoms with Gasteiger partial charge in [0.25, 0.3) is 11.8 Å². The van der Waals surface area contributed by atoms with Crippen molar-refractivity contribution < 1.29 is 9.59 Å². The zero-order valence-corrected chi connectivity index (χ0v) is 12.9. The van der Waals surface area contributed by atoms with Gasteiger partial charge in [-0.25, -0.2) is 0 Å². The fourth-order valence-corrected chi connectivity index (χ4v) is 3.27. The molecular weight excluding hydrogens is 320 g/mol. The van der Waals surface area contributed by atoms with E-state index >= 15 is 0 Å². The maximum Gasteiger partial charge on any atom is 0.260 e. The molecule has 2 aromatic carbocycles. The number of carbonyl (C=O) groups excluding carboxylic acids is 2. The van der Waals surface area contributed by atoms with Crippen LogP contribution in [0.15, 0.2) is 48.5 Å². The van der Waals surface area contributed by atoms with Crippen LogP contribution in [0.3, 0.4) is 0 Å². The third-order valence-electron chi connectivity index (χ3n) is 3.16. The number of hydrogen-bond donors (Lipinski definition) is 2. The highest BCUT2D eigenvalue weighted by atomic mass is 35.5. The molecule has 0 spiro atoms. The first kappa shape index (κ1) is 14.6. The van der Waals surface area contributed by atoms with E-state index in [9.17, 15) is 9.59 Å².